The second-order valence-corrected chi connectivity index (χ2v) is 9.87. The fourth-order valence-electron chi connectivity index (χ4n) is 4.17. The fourth-order valence-corrected chi connectivity index (χ4v) is 4.72. The Morgan fingerprint density at radius 1 is 1.26 bits per heavy atom. The van der Waals surface area contributed by atoms with Crippen molar-refractivity contribution in [2.75, 3.05) is 44.7 Å². The van der Waals surface area contributed by atoms with Crippen molar-refractivity contribution in [3.8, 4) is 0 Å². The Bertz CT molecular complexity index is 588. The molecule has 23 heavy (non-hydrogen) atoms. The van der Waals surface area contributed by atoms with E-state index < -0.39 is 21.2 Å². The zero-order valence-corrected chi connectivity index (χ0v) is 14.2. The van der Waals surface area contributed by atoms with Gasteiger partial charge in [-0.05, 0) is 25.3 Å². The van der Waals surface area contributed by atoms with Crippen LogP contribution in [-0.2, 0) is 14.6 Å². The van der Waals surface area contributed by atoms with E-state index in [1.807, 2.05) is 0 Å². The molecule has 1 spiro atoms. The van der Waals surface area contributed by atoms with Crippen molar-refractivity contribution in [2.45, 2.75) is 31.6 Å². The second-order valence-electron chi connectivity index (χ2n) is 7.61. The molecule has 2 heterocycles. The molecule has 1 atom stereocenters. The van der Waals surface area contributed by atoms with Crippen molar-refractivity contribution in [1.29, 1.82) is 0 Å². The van der Waals surface area contributed by atoms with Crippen LogP contribution in [0.3, 0.4) is 0 Å². The highest BCUT2D eigenvalue weighted by Gasteiger charge is 2.54. The lowest BCUT2D eigenvalue weighted by Gasteiger charge is -2.54. The van der Waals surface area contributed by atoms with Gasteiger partial charge in [0.1, 0.15) is 9.84 Å². The lowest BCUT2D eigenvalue weighted by Crippen LogP contribution is -2.67. The summed E-state index contributed by atoms with van der Waals surface area (Å²) in [5, 5.41) is 0. The summed E-state index contributed by atoms with van der Waals surface area (Å²) in [4.78, 5) is 16.2. The molecule has 1 amide bonds. The molecule has 0 aromatic heterocycles. The van der Waals surface area contributed by atoms with Gasteiger partial charge in [-0.25, -0.2) is 17.2 Å². The molecular formula is C15H24F2N2O3S. The molecule has 8 heteroatoms. The number of carbonyl (C=O) groups excluding carboxylic acids is 1. The van der Waals surface area contributed by atoms with Crippen LogP contribution in [0.25, 0.3) is 0 Å². The minimum Gasteiger partial charge on any atom is -0.340 e. The number of amides is 1. The van der Waals surface area contributed by atoms with E-state index in [1.165, 1.54) is 6.26 Å². The fraction of sp³-hybridized carbons (Fsp3) is 0.933. The normalized spacial score (nSPS) is 32.0. The lowest BCUT2D eigenvalue weighted by atomic mass is 9.71. The highest BCUT2D eigenvalue weighted by atomic mass is 32.2. The standard InChI is InChI=1S/C15H24F2N2O3S/c1-23(21,22)6-5-19-11-14(13(19)20)3-2-4-18(10-14)9-12-7-15(16,17)8-12/h12H,2-11H2,1H3/t14-/m0/s1. The average molecular weight is 350 g/mol. The minimum atomic E-state index is -3.07. The summed E-state index contributed by atoms with van der Waals surface area (Å²) in [5.41, 5.74) is -0.401. The third kappa shape index (κ3) is 3.68. The van der Waals surface area contributed by atoms with Crippen LogP contribution in [0.4, 0.5) is 8.78 Å². The molecule has 2 aliphatic heterocycles. The molecule has 0 bridgehead atoms. The van der Waals surface area contributed by atoms with E-state index in [0.717, 1.165) is 19.4 Å². The van der Waals surface area contributed by atoms with Gasteiger partial charge in [-0.2, -0.15) is 0 Å². The second kappa shape index (κ2) is 5.65. The zero-order chi connectivity index (χ0) is 16.9. The van der Waals surface area contributed by atoms with E-state index in [2.05, 4.69) is 4.90 Å². The van der Waals surface area contributed by atoms with Crippen molar-refractivity contribution in [3.63, 3.8) is 0 Å². The van der Waals surface area contributed by atoms with Gasteiger partial charge in [0.05, 0.1) is 11.2 Å². The van der Waals surface area contributed by atoms with E-state index in [0.29, 0.717) is 19.6 Å². The van der Waals surface area contributed by atoms with Crippen LogP contribution in [0.1, 0.15) is 25.7 Å². The smallest absolute Gasteiger partial charge is 0.248 e. The molecule has 0 aromatic carbocycles. The first kappa shape index (κ1) is 17.1. The number of nitrogens with zero attached hydrogens (tertiary/aromatic N) is 2. The summed E-state index contributed by atoms with van der Waals surface area (Å²) in [6, 6.07) is 0. The Kier molecular flexibility index (Phi) is 4.20. The number of likely N-dealkylation sites (tertiary alicyclic amines) is 2. The van der Waals surface area contributed by atoms with Crippen molar-refractivity contribution >= 4 is 15.7 Å². The molecule has 3 rings (SSSR count). The van der Waals surface area contributed by atoms with Gasteiger partial charge in [-0.3, -0.25) is 4.79 Å². The predicted octanol–water partition coefficient (Wildman–Crippen LogP) is 1.00. The molecule has 0 unspecified atom stereocenters. The van der Waals surface area contributed by atoms with Crippen LogP contribution >= 0.6 is 0 Å². The van der Waals surface area contributed by atoms with Gasteiger partial charge in [0, 0.05) is 45.3 Å². The van der Waals surface area contributed by atoms with Gasteiger partial charge in [0.2, 0.25) is 11.8 Å². The van der Waals surface area contributed by atoms with Crippen LogP contribution in [0.5, 0.6) is 0 Å². The summed E-state index contributed by atoms with van der Waals surface area (Å²) in [6.07, 6.45) is 2.81. The average Bonchev–Trinajstić information content (AvgIpc) is 2.40. The number of hydrogen-bond acceptors (Lipinski definition) is 4. The number of piperidine rings is 1. The molecule has 132 valence electrons. The molecule has 3 fully saturated rings. The number of halogens is 2. The Morgan fingerprint density at radius 2 is 1.96 bits per heavy atom. The highest BCUT2D eigenvalue weighted by molar-refractivity contribution is 7.90. The van der Waals surface area contributed by atoms with E-state index in [4.69, 9.17) is 0 Å². The molecule has 2 saturated heterocycles. The number of carbonyl (C=O) groups is 1. The van der Waals surface area contributed by atoms with E-state index >= 15 is 0 Å². The summed E-state index contributed by atoms with van der Waals surface area (Å²) < 4.78 is 48.3. The first-order valence-corrected chi connectivity index (χ1v) is 10.2. The van der Waals surface area contributed by atoms with Crippen molar-refractivity contribution in [3.05, 3.63) is 0 Å². The molecular weight excluding hydrogens is 326 g/mol. The van der Waals surface area contributed by atoms with Gasteiger partial charge in [0.25, 0.3) is 0 Å². The maximum absolute atomic E-state index is 12.9. The van der Waals surface area contributed by atoms with E-state index in [-0.39, 0.29) is 37.0 Å². The Hall–Kier alpha value is -0.760. The monoisotopic (exact) mass is 350 g/mol. The van der Waals surface area contributed by atoms with Crippen LogP contribution in [0.2, 0.25) is 0 Å². The molecule has 5 nitrogen and oxygen atoms in total. The maximum Gasteiger partial charge on any atom is 0.248 e. The zero-order valence-electron chi connectivity index (χ0n) is 13.4. The molecule has 1 saturated carbocycles. The number of hydrogen-bond donors (Lipinski definition) is 0. The molecule has 0 radical (unpaired) electrons. The predicted molar refractivity (Wildman–Crippen MR) is 82.1 cm³/mol. The SMILES string of the molecule is CS(=O)(=O)CCN1C[C@@]2(CCCN(CC3CC(F)(F)C3)C2)C1=O. The van der Waals surface area contributed by atoms with Crippen LogP contribution < -0.4 is 0 Å². The maximum atomic E-state index is 12.9. The lowest BCUT2D eigenvalue weighted by molar-refractivity contribution is -0.167. The Labute approximate surface area is 135 Å². The number of sulfone groups is 1. The van der Waals surface area contributed by atoms with Gasteiger partial charge >= 0.3 is 0 Å². The van der Waals surface area contributed by atoms with Crippen LogP contribution in [0, 0.1) is 11.3 Å². The van der Waals surface area contributed by atoms with Crippen molar-refractivity contribution in [1.82, 2.24) is 9.80 Å². The number of alkyl halides is 2. The van der Waals surface area contributed by atoms with Gasteiger partial charge in [-0.1, -0.05) is 0 Å². The van der Waals surface area contributed by atoms with E-state index in [1.54, 1.807) is 4.90 Å². The third-order valence-electron chi connectivity index (χ3n) is 5.31. The number of rotatable bonds is 5. The van der Waals surface area contributed by atoms with Crippen LogP contribution in [-0.4, -0.2) is 74.8 Å². The summed E-state index contributed by atoms with van der Waals surface area (Å²) in [5.74, 6) is -2.43. The molecule has 0 aromatic rings. The molecule has 1 aliphatic carbocycles. The first-order chi connectivity index (χ1) is 10.6. The summed E-state index contributed by atoms with van der Waals surface area (Å²) in [7, 11) is -3.07. The Morgan fingerprint density at radius 3 is 2.52 bits per heavy atom. The van der Waals surface area contributed by atoms with Gasteiger partial charge in [0.15, 0.2) is 0 Å². The summed E-state index contributed by atoms with van der Waals surface area (Å²) in [6.45, 7) is 2.99. The van der Waals surface area contributed by atoms with Gasteiger partial charge in [-0.15, -0.1) is 0 Å². The Balaban J connectivity index is 1.50. The number of β-lactam (4-membered cyclic amide) rings is 1. The topological polar surface area (TPSA) is 57.7 Å². The molecule has 0 N–H and O–H groups in total. The summed E-state index contributed by atoms with van der Waals surface area (Å²) >= 11 is 0. The minimum absolute atomic E-state index is 0.00427. The van der Waals surface area contributed by atoms with Crippen LogP contribution in [0.15, 0.2) is 0 Å². The van der Waals surface area contributed by atoms with Gasteiger partial charge < -0.3 is 9.80 Å². The first-order valence-electron chi connectivity index (χ1n) is 8.16. The van der Waals surface area contributed by atoms with Crippen molar-refractivity contribution < 1.29 is 22.0 Å². The highest BCUT2D eigenvalue weighted by Crippen LogP contribution is 2.45. The largest absolute Gasteiger partial charge is 0.340 e. The van der Waals surface area contributed by atoms with E-state index in [9.17, 15) is 22.0 Å². The quantitative estimate of drug-likeness (QED) is 0.694. The molecule has 3 aliphatic rings. The third-order valence-corrected chi connectivity index (χ3v) is 6.24. The van der Waals surface area contributed by atoms with Crippen molar-refractivity contribution in [2.24, 2.45) is 11.3 Å².